The Bertz CT molecular complexity index is 520. The lowest BCUT2D eigenvalue weighted by Crippen LogP contribution is -2.04. The largest absolute Gasteiger partial charge is 0.390 e. The van der Waals surface area contributed by atoms with E-state index in [0.717, 1.165) is 15.9 Å². The van der Waals surface area contributed by atoms with Crippen molar-refractivity contribution >= 4 is 15.9 Å². The van der Waals surface area contributed by atoms with Crippen LogP contribution in [-0.2, 0) is 6.61 Å². The summed E-state index contributed by atoms with van der Waals surface area (Å²) in [5.74, 6) is 0.356. The normalized spacial score (nSPS) is 11.1. The Morgan fingerprint density at radius 1 is 1.35 bits per heavy atom. The summed E-state index contributed by atoms with van der Waals surface area (Å²) >= 11 is 3.52. The average Bonchev–Trinajstić information content (AvgIpc) is 2.73. The molecule has 0 amide bonds. The van der Waals surface area contributed by atoms with Gasteiger partial charge in [-0.1, -0.05) is 26.0 Å². The molecule has 2 aromatic rings. The second kappa shape index (κ2) is 5.02. The minimum absolute atomic E-state index is 0.0306. The number of benzene rings is 1. The molecule has 0 aliphatic heterocycles. The molecule has 0 aliphatic carbocycles. The first-order valence-electron chi connectivity index (χ1n) is 5.58. The van der Waals surface area contributed by atoms with Crippen molar-refractivity contribution in [3.05, 3.63) is 46.2 Å². The molecule has 0 saturated carbocycles. The van der Waals surface area contributed by atoms with Gasteiger partial charge in [0.05, 0.1) is 18.0 Å². The highest BCUT2D eigenvalue weighted by Gasteiger charge is 2.13. The fraction of sp³-hybridized carbons (Fsp3) is 0.308. The highest BCUT2D eigenvalue weighted by Crippen LogP contribution is 2.25. The molecule has 1 heterocycles. The number of aliphatic hydroxyl groups is 1. The van der Waals surface area contributed by atoms with Crippen molar-refractivity contribution in [2.45, 2.75) is 26.4 Å². The van der Waals surface area contributed by atoms with Crippen molar-refractivity contribution in [3.63, 3.8) is 0 Å². The Labute approximate surface area is 109 Å². The molecule has 0 aliphatic rings. The molecule has 17 heavy (non-hydrogen) atoms. The maximum absolute atomic E-state index is 9.19. The molecule has 3 nitrogen and oxygen atoms in total. The van der Waals surface area contributed by atoms with E-state index in [4.69, 9.17) is 0 Å². The molecule has 0 saturated heterocycles. The molecule has 0 atom stereocenters. The first kappa shape index (κ1) is 12.3. The van der Waals surface area contributed by atoms with Crippen LogP contribution in [0.25, 0.3) is 5.69 Å². The van der Waals surface area contributed by atoms with Crippen molar-refractivity contribution in [3.8, 4) is 5.69 Å². The van der Waals surface area contributed by atoms with E-state index in [1.807, 2.05) is 35.0 Å². The van der Waals surface area contributed by atoms with Gasteiger partial charge in [0.1, 0.15) is 0 Å². The van der Waals surface area contributed by atoms with Gasteiger partial charge in [0.15, 0.2) is 0 Å². The van der Waals surface area contributed by atoms with Gasteiger partial charge in [-0.25, -0.2) is 4.68 Å². The Morgan fingerprint density at radius 2 is 2.06 bits per heavy atom. The number of hydrogen-bond donors (Lipinski definition) is 1. The van der Waals surface area contributed by atoms with Crippen LogP contribution in [-0.4, -0.2) is 14.9 Å². The number of rotatable bonds is 3. The third-order valence-electron chi connectivity index (χ3n) is 2.62. The van der Waals surface area contributed by atoms with Gasteiger partial charge in [-0.15, -0.1) is 0 Å². The first-order chi connectivity index (χ1) is 8.13. The summed E-state index contributed by atoms with van der Waals surface area (Å²) in [6, 6.07) is 9.89. The number of halogens is 1. The molecular formula is C13H15BrN2O. The van der Waals surface area contributed by atoms with Crippen LogP contribution < -0.4 is 0 Å². The maximum atomic E-state index is 9.19. The van der Waals surface area contributed by atoms with Gasteiger partial charge in [-0.05, 0) is 40.0 Å². The highest BCUT2D eigenvalue weighted by molar-refractivity contribution is 9.10. The second-order valence-electron chi connectivity index (χ2n) is 4.24. The summed E-state index contributed by atoms with van der Waals surface area (Å²) in [5, 5.41) is 13.6. The van der Waals surface area contributed by atoms with Crippen LogP contribution in [0.3, 0.4) is 0 Å². The number of nitrogens with zero attached hydrogens (tertiary/aromatic N) is 2. The van der Waals surface area contributed by atoms with E-state index in [-0.39, 0.29) is 6.61 Å². The molecule has 1 N–H and O–H groups in total. The monoisotopic (exact) mass is 294 g/mol. The van der Waals surface area contributed by atoms with Gasteiger partial charge in [0.25, 0.3) is 0 Å². The van der Waals surface area contributed by atoms with Crippen LogP contribution in [0, 0.1) is 0 Å². The summed E-state index contributed by atoms with van der Waals surface area (Å²) in [5.41, 5.74) is 2.79. The first-order valence-corrected chi connectivity index (χ1v) is 6.37. The summed E-state index contributed by atoms with van der Waals surface area (Å²) < 4.78 is 2.88. The number of hydrogen-bond acceptors (Lipinski definition) is 2. The van der Waals surface area contributed by atoms with Crippen molar-refractivity contribution in [2.75, 3.05) is 0 Å². The van der Waals surface area contributed by atoms with Crippen LogP contribution in [0.1, 0.15) is 31.2 Å². The molecule has 0 unspecified atom stereocenters. The number of para-hydroxylation sites is 1. The van der Waals surface area contributed by atoms with E-state index < -0.39 is 0 Å². The summed E-state index contributed by atoms with van der Waals surface area (Å²) in [4.78, 5) is 0. The number of aliphatic hydroxyl groups excluding tert-OH is 1. The van der Waals surface area contributed by atoms with E-state index in [1.165, 1.54) is 0 Å². The van der Waals surface area contributed by atoms with Crippen LogP contribution in [0.2, 0.25) is 0 Å². The van der Waals surface area contributed by atoms with Gasteiger partial charge in [-0.2, -0.15) is 5.10 Å². The fourth-order valence-corrected chi connectivity index (χ4v) is 2.20. The van der Waals surface area contributed by atoms with Gasteiger partial charge < -0.3 is 5.11 Å². The molecule has 0 fully saturated rings. The average molecular weight is 295 g/mol. The number of aromatic nitrogens is 2. The SMILES string of the molecule is CC(C)c1cc(CO)nn1-c1ccccc1Br. The third-order valence-corrected chi connectivity index (χ3v) is 3.29. The van der Waals surface area contributed by atoms with Crippen molar-refractivity contribution in [2.24, 2.45) is 0 Å². The van der Waals surface area contributed by atoms with Gasteiger partial charge >= 0.3 is 0 Å². The Kier molecular flexibility index (Phi) is 3.64. The summed E-state index contributed by atoms with van der Waals surface area (Å²) in [6.07, 6.45) is 0. The molecular weight excluding hydrogens is 280 g/mol. The van der Waals surface area contributed by atoms with Gasteiger partial charge in [0.2, 0.25) is 0 Å². The van der Waals surface area contributed by atoms with Crippen molar-refractivity contribution in [1.82, 2.24) is 9.78 Å². The molecule has 90 valence electrons. The zero-order chi connectivity index (χ0) is 12.4. The predicted octanol–water partition coefficient (Wildman–Crippen LogP) is 3.25. The zero-order valence-electron chi connectivity index (χ0n) is 9.89. The molecule has 1 aromatic heterocycles. The summed E-state index contributed by atoms with van der Waals surface area (Å²) in [7, 11) is 0. The lowest BCUT2D eigenvalue weighted by Gasteiger charge is -2.11. The standard InChI is InChI=1S/C13H15BrN2O/c1-9(2)13-7-10(8-17)15-16(13)12-6-4-3-5-11(12)14/h3-7,9,17H,8H2,1-2H3. The minimum atomic E-state index is -0.0306. The molecule has 0 spiro atoms. The second-order valence-corrected chi connectivity index (χ2v) is 5.09. The van der Waals surface area contributed by atoms with Crippen LogP contribution >= 0.6 is 15.9 Å². The van der Waals surface area contributed by atoms with Crippen molar-refractivity contribution < 1.29 is 5.11 Å². The van der Waals surface area contributed by atoms with E-state index in [9.17, 15) is 5.11 Å². The Balaban J connectivity index is 2.58. The Morgan fingerprint density at radius 3 is 2.65 bits per heavy atom. The smallest absolute Gasteiger partial charge is 0.0886 e. The van der Waals surface area contributed by atoms with E-state index in [2.05, 4.69) is 34.9 Å². The zero-order valence-corrected chi connectivity index (χ0v) is 11.5. The minimum Gasteiger partial charge on any atom is -0.390 e. The molecule has 1 aromatic carbocycles. The predicted molar refractivity (Wildman–Crippen MR) is 71.3 cm³/mol. The van der Waals surface area contributed by atoms with E-state index >= 15 is 0 Å². The Hall–Kier alpha value is -1.13. The molecule has 0 radical (unpaired) electrons. The quantitative estimate of drug-likeness (QED) is 0.944. The van der Waals surface area contributed by atoms with Gasteiger partial charge in [0, 0.05) is 10.2 Å². The maximum Gasteiger partial charge on any atom is 0.0886 e. The molecule has 0 bridgehead atoms. The fourth-order valence-electron chi connectivity index (χ4n) is 1.75. The van der Waals surface area contributed by atoms with E-state index in [0.29, 0.717) is 11.6 Å². The van der Waals surface area contributed by atoms with Gasteiger partial charge in [-0.3, -0.25) is 0 Å². The molecule has 2 rings (SSSR count). The highest BCUT2D eigenvalue weighted by atomic mass is 79.9. The topological polar surface area (TPSA) is 38.1 Å². The lowest BCUT2D eigenvalue weighted by atomic mass is 10.1. The third kappa shape index (κ3) is 2.42. The van der Waals surface area contributed by atoms with Crippen LogP contribution in [0.15, 0.2) is 34.8 Å². The van der Waals surface area contributed by atoms with Crippen LogP contribution in [0.4, 0.5) is 0 Å². The lowest BCUT2D eigenvalue weighted by molar-refractivity contribution is 0.276. The van der Waals surface area contributed by atoms with Crippen LogP contribution in [0.5, 0.6) is 0 Å². The molecule has 4 heteroatoms. The summed E-state index contributed by atoms with van der Waals surface area (Å²) in [6.45, 7) is 4.20. The van der Waals surface area contributed by atoms with E-state index in [1.54, 1.807) is 0 Å². The van der Waals surface area contributed by atoms with Crippen molar-refractivity contribution in [1.29, 1.82) is 0 Å².